The average Bonchev–Trinajstić information content (AvgIpc) is 3.09. The summed E-state index contributed by atoms with van der Waals surface area (Å²) in [7, 11) is 0. The normalized spacial score (nSPS) is 24.9. The first-order valence-electron chi connectivity index (χ1n) is 9.42. The van der Waals surface area contributed by atoms with E-state index in [9.17, 15) is 9.59 Å². The van der Waals surface area contributed by atoms with Crippen LogP contribution >= 0.6 is 11.6 Å². The predicted octanol–water partition coefficient (Wildman–Crippen LogP) is 3.06. The van der Waals surface area contributed by atoms with E-state index in [1.807, 2.05) is 53.5 Å². The molecule has 2 saturated heterocycles. The summed E-state index contributed by atoms with van der Waals surface area (Å²) < 4.78 is 5.36. The minimum absolute atomic E-state index is 0.0146. The number of nitrogens with zero attached hydrogens (tertiary/aromatic N) is 2. The topological polar surface area (TPSA) is 61.9 Å². The van der Waals surface area contributed by atoms with Crippen LogP contribution in [0.4, 0.5) is 0 Å². The van der Waals surface area contributed by atoms with E-state index < -0.39 is 12.2 Å². The van der Waals surface area contributed by atoms with E-state index in [2.05, 4.69) is 5.32 Å². The second-order valence-corrected chi connectivity index (χ2v) is 7.30. The van der Waals surface area contributed by atoms with Crippen LogP contribution < -0.4 is 5.32 Å². The Morgan fingerprint density at radius 3 is 2.64 bits per heavy atom. The Morgan fingerprint density at radius 1 is 1.18 bits per heavy atom. The second kappa shape index (κ2) is 7.91. The summed E-state index contributed by atoms with van der Waals surface area (Å²) in [5.74, 6) is -0.317. The number of rotatable bonds is 4. The molecule has 2 aliphatic heterocycles. The van der Waals surface area contributed by atoms with Crippen LogP contribution in [-0.4, -0.2) is 41.1 Å². The van der Waals surface area contributed by atoms with Crippen LogP contribution in [0.3, 0.4) is 0 Å². The van der Waals surface area contributed by atoms with E-state index >= 15 is 0 Å². The van der Waals surface area contributed by atoms with Gasteiger partial charge in [0.2, 0.25) is 5.91 Å². The van der Waals surface area contributed by atoms with E-state index in [-0.39, 0.29) is 17.9 Å². The monoisotopic (exact) mass is 399 g/mol. The molecule has 0 spiro atoms. The Bertz CT molecular complexity index is 876. The predicted molar refractivity (Wildman–Crippen MR) is 105 cm³/mol. The highest BCUT2D eigenvalue weighted by atomic mass is 35.5. The van der Waals surface area contributed by atoms with Gasteiger partial charge in [-0.05, 0) is 30.2 Å². The summed E-state index contributed by atoms with van der Waals surface area (Å²) in [6.45, 7) is 2.63. The molecule has 0 aromatic heterocycles. The van der Waals surface area contributed by atoms with Gasteiger partial charge in [-0.1, -0.05) is 54.1 Å². The molecule has 2 aromatic rings. The number of ether oxygens (including phenoxy) is 1. The van der Waals surface area contributed by atoms with Crippen molar-refractivity contribution in [1.29, 1.82) is 0 Å². The molecule has 0 radical (unpaired) electrons. The SMILES string of the molecule is CCOC(=O)C1NC(c2cccc(Cl)c2)N2C(=O)CCN2C1c1ccccc1. The number of benzene rings is 2. The molecule has 0 saturated carbocycles. The van der Waals surface area contributed by atoms with Crippen molar-refractivity contribution in [2.24, 2.45) is 0 Å². The fourth-order valence-corrected chi connectivity index (χ4v) is 4.20. The Balaban J connectivity index is 1.78. The van der Waals surface area contributed by atoms with Crippen molar-refractivity contribution in [2.75, 3.05) is 13.2 Å². The van der Waals surface area contributed by atoms with Crippen LogP contribution in [-0.2, 0) is 14.3 Å². The van der Waals surface area contributed by atoms with Gasteiger partial charge in [-0.2, -0.15) is 0 Å². The van der Waals surface area contributed by atoms with Gasteiger partial charge in [-0.3, -0.25) is 19.9 Å². The summed E-state index contributed by atoms with van der Waals surface area (Å²) in [5, 5.41) is 7.65. The summed E-state index contributed by atoms with van der Waals surface area (Å²) in [5.41, 5.74) is 1.78. The molecule has 0 aliphatic carbocycles. The Labute approximate surface area is 169 Å². The second-order valence-electron chi connectivity index (χ2n) is 6.86. The van der Waals surface area contributed by atoms with E-state index in [1.54, 1.807) is 18.0 Å². The van der Waals surface area contributed by atoms with Gasteiger partial charge >= 0.3 is 5.97 Å². The van der Waals surface area contributed by atoms with Gasteiger partial charge in [0, 0.05) is 18.0 Å². The molecule has 3 unspecified atom stereocenters. The standard InChI is InChI=1S/C21H22ClN3O3/c1-2-28-21(27)18-19(14-7-4-3-5-8-14)24-12-11-17(26)25(24)20(23-18)15-9-6-10-16(22)13-15/h3-10,13,18-20,23H,2,11-12H2,1H3. The van der Waals surface area contributed by atoms with Crippen LogP contribution in [0, 0.1) is 0 Å². The quantitative estimate of drug-likeness (QED) is 0.800. The molecule has 0 bridgehead atoms. The van der Waals surface area contributed by atoms with Crippen molar-refractivity contribution in [2.45, 2.75) is 31.6 Å². The molecule has 28 heavy (non-hydrogen) atoms. The van der Waals surface area contributed by atoms with Gasteiger partial charge in [-0.15, -0.1) is 0 Å². The van der Waals surface area contributed by atoms with Gasteiger partial charge < -0.3 is 4.74 Å². The van der Waals surface area contributed by atoms with Crippen molar-refractivity contribution < 1.29 is 14.3 Å². The number of nitrogens with one attached hydrogen (secondary N) is 1. The molecule has 6 nitrogen and oxygen atoms in total. The highest BCUT2D eigenvalue weighted by molar-refractivity contribution is 6.30. The lowest BCUT2D eigenvalue weighted by Gasteiger charge is -2.48. The van der Waals surface area contributed by atoms with Crippen molar-refractivity contribution in [3.8, 4) is 0 Å². The highest BCUT2D eigenvalue weighted by Crippen LogP contribution is 2.40. The smallest absolute Gasteiger partial charge is 0.325 e. The molecule has 2 heterocycles. The minimum atomic E-state index is -0.617. The summed E-state index contributed by atoms with van der Waals surface area (Å²) in [4.78, 5) is 25.6. The third kappa shape index (κ3) is 3.39. The zero-order valence-electron chi connectivity index (χ0n) is 15.5. The van der Waals surface area contributed by atoms with E-state index in [0.717, 1.165) is 11.1 Å². The lowest BCUT2D eigenvalue weighted by Crippen LogP contribution is -2.63. The van der Waals surface area contributed by atoms with Crippen LogP contribution in [0.25, 0.3) is 0 Å². The number of fused-ring (bicyclic) bond motifs is 1. The van der Waals surface area contributed by atoms with Crippen molar-refractivity contribution in [3.63, 3.8) is 0 Å². The molecular formula is C21H22ClN3O3. The molecule has 3 atom stereocenters. The Kier molecular flexibility index (Phi) is 5.35. The van der Waals surface area contributed by atoms with Crippen molar-refractivity contribution >= 4 is 23.5 Å². The molecule has 4 rings (SSSR count). The van der Waals surface area contributed by atoms with Crippen LogP contribution in [0.5, 0.6) is 0 Å². The number of hydrazine groups is 1. The number of hydrogen-bond acceptors (Lipinski definition) is 5. The van der Waals surface area contributed by atoms with Gasteiger partial charge in [0.15, 0.2) is 0 Å². The third-order valence-electron chi connectivity index (χ3n) is 5.15. The molecule has 2 aromatic carbocycles. The summed E-state index contributed by atoms with van der Waals surface area (Å²) in [6, 6.07) is 16.1. The van der Waals surface area contributed by atoms with Gasteiger partial charge in [0.05, 0.1) is 12.6 Å². The van der Waals surface area contributed by atoms with Gasteiger partial charge in [0.1, 0.15) is 12.2 Å². The average molecular weight is 400 g/mol. The zero-order valence-corrected chi connectivity index (χ0v) is 16.3. The summed E-state index contributed by atoms with van der Waals surface area (Å²) in [6.07, 6.45) is -0.0828. The molecular weight excluding hydrogens is 378 g/mol. The maximum absolute atomic E-state index is 12.9. The largest absolute Gasteiger partial charge is 0.465 e. The lowest BCUT2D eigenvalue weighted by molar-refractivity contribution is -0.174. The zero-order chi connectivity index (χ0) is 19.7. The lowest BCUT2D eigenvalue weighted by atomic mass is 9.96. The molecule has 146 valence electrons. The number of carbonyl (C=O) groups excluding carboxylic acids is 2. The van der Waals surface area contributed by atoms with E-state index in [4.69, 9.17) is 16.3 Å². The van der Waals surface area contributed by atoms with E-state index in [0.29, 0.717) is 24.6 Å². The first-order chi connectivity index (χ1) is 13.6. The molecule has 1 amide bonds. The fraction of sp³-hybridized carbons (Fsp3) is 0.333. The van der Waals surface area contributed by atoms with E-state index in [1.165, 1.54) is 0 Å². The summed E-state index contributed by atoms with van der Waals surface area (Å²) >= 11 is 6.18. The van der Waals surface area contributed by atoms with Crippen LogP contribution in [0.2, 0.25) is 5.02 Å². The highest BCUT2D eigenvalue weighted by Gasteiger charge is 2.50. The van der Waals surface area contributed by atoms with Crippen LogP contribution in [0.15, 0.2) is 54.6 Å². The minimum Gasteiger partial charge on any atom is -0.465 e. The Morgan fingerprint density at radius 2 is 1.93 bits per heavy atom. The first-order valence-corrected chi connectivity index (χ1v) is 9.79. The van der Waals surface area contributed by atoms with Gasteiger partial charge in [0.25, 0.3) is 0 Å². The fourth-order valence-electron chi connectivity index (χ4n) is 4.00. The number of carbonyl (C=O) groups is 2. The third-order valence-corrected chi connectivity index (χ3v) is 5.39. The van der Waals surface area contributed by atoms with Gasteiger partial charge in [-0.25, -0.2) is 5.01 Å². The van der Waals surface area contributed by atoms with Crippen molar-refractivity contribution in [1.82, 2.24) is 15.3 Å². The number of amides is 1. The number of hydrogen-bond donors (Lipinski definition) is 1. The van der Waals surface area contributed by atoms with Crippen molar-refractivity contribution in [3.05, 3.63) is 70.7 Å². The molecule has 1 N–H and O–H groups in total. The number of esters is 1. The first kappa shape index (κ1) is 18.9. The molecule has 7 heteroatoms. The van der Waals surface area contributed by atoms with Crippen LogP contribution in [0.1, 0.15) is 36.7 Å². The maximum Gasteiger partial charge on any atom is 0.325 e. The number of halogens is 1. The maximum atomic E-state index is 12.9. The molecule has 2 aliphatic rings. The Hall–Kier alpha value is -2.41. The molecule has 2 fully saturated rings.